The number of benzene rings is 1. The van der Waals surface area contributed by atoms with Gasteiger partial charge in [-0.15, -0.1) is 0 Å². The third-order valence-corrected chi connectivity index (χ3v) is 4.17. The van der Waals surface area contributed by atoms with Crippen LogP contribution in [0.5, 0.6) is 0 Å². The van der Waals surface area contributed by atoms with E-state index in [2.05, 4.69) is 15.0 Å². The Morgan fingerprint density at radius 3 is 3.19 bits per heavy atom. The Hall–Kier alpha value is -2.78. The van der Waals surface area contributed by atoms with Crippen molar-refractivity contribution >= 4 is 35.4 Å². The van der Waals surface area contributed by atoms with Gasteiger partial charge in [0.15, 0.2) is 5.82 Å². The number of morpholine rings is 1. The molecule has 1 aromatic heterocycles. The van der Waals surface area contributed by atoms with Gasteiger partial charge in [0.05, 0.1) is 24.4 Å². The van der Waals surface area contributed by atoms with Crippen molar-refractivity contribution in [1.82, 2.24) is 14.9 Å². The summed E-state index contributed by atoms with van der Waals surface area (Å²) in [6.07, 6.45) is 3.43. The van der Waals surface area contributed by atoms with Crippen molar-refractivity contribution in [3.63, 3.8) is 0 Å². The van der Waals surface area contributed by atoms with Crippen LogP contribution < -0.4 is 5.73 Å². The fourth-order valence-electron chi connectivity index (χ4n) is 2.40. The molecule has 0 spiro atoms. The van der Waals surface area contributed by atoms with Crippen LogP contribution in [0.1, 0.15) is 5.56 Å². The van der Waals surface area contributed by atoms with Crippen molar-refractivity contribution in [3.05, 3.63) is 47.1 Å². The molecule has 0 radical (unpaired) electrons. The number of nitrogens with zero attached hydrogens (tertiary/aromatic N) is 4. The van der Waals surface area contributed by atoms with Gasteiger partial charge in [0.2, 0.25) is 0 Å². The molecule has 1 aromatic carbocycles. The normalized spacial score (nSPS) is 17.3. The molecule has 27 heavy (non-hydrogen) atoms. The minimum Gasteiger partial charge on any atom is -0.444 e. The van der Waals surface area contributed by atoms with Crippen LogP contribution in [0.3, 0.4) is 0 Å². The third-order valence-electron chi connectivity index (χ3n) is 3.82. The Bertz CT molecular complexity index is 851. The van der Waals surface area contributed by atoms with Crippen molar-refractivity contribution in [1.29, 1.82) is 0 Å². The van der Waals surface area contributed by atoms with Gasteiger partial charge in [-0.05, 0) is 12.1 Å². The number of nitrogens with two attached hydrogens (primary N) is 1. The molecule has 0 unspecified atom stereocenters. The van der Waals surface area contributed by atoms with Crippen LogP contribution in [0.25, 0.3) is 0 Å². The SMILES string of the molecule is Nc1ncncc1N=C[C@@H]1CN(C(=O)OCc2ccc(F)cc2Cl)CCO1. The molecule has 1 fully saturated rings. The van der Waals surface area contributed by atoms with Gasteiger partial charge in [0, 0.05) is 18.3 Å². The number of anilines is 1. The van der Waals surface area contributed by atoms with E-state index in [1.54, 1.807) is 6.21 Å². The van der Waals surface area contributed by atoms with Gasteiger partial charge < -0.3 is 20.1 Å². The van der Waals surface area contributed by atoms with Gasteiger partial charge in [-0.1, -0.05) is 17.7 Å². The van der Waals surface area contributed by atoms with Crippen LogP contribution in [0.15, 0.2) is 35.7 Å². The zero-order valence-corrected chi connectivity index (χ0v) is 15.0. The topological polar surface area (TPSA) is 103 Å². The predicted molar refractivity (Wildman–Crippen MR) is 97.5 cm³/mol. The molecule has 0 aliphatic carbocycles. The fraction of sp³-hybridized carbons (Fsp3) is 0.294. The number of aliphatic imine (C=N–C) groups is 1. The first-order valence-corrected chi connectivity index (χ1v) is 8.47. The molecule has 1 atom stereocenters. The maximum atomic E-state index is 13.1. The second-order valence-corrected chi connectivity index (χ2v) is 6.12. The molecule has 2 aromatic rings. The van der Waals surface area contributed by atoms with Crippen LogP contribution in [0.2, 0.25) is 5.02 Å². The molecule has 10 heteroatoms. The Balaban J connectivity index is 1.55. The van der Waals surface area contributed by atoms with Crippen molar-refractivity contribution in [2.45, 2.75) is 12.7 Å². The highest BCUT2D eigenvalue weighted by atomic mass is 35.5. The van der Waals surface area contributed by atoms with Gasteiger partial charge in [-0.25, -0.2) is 19.2 Å². The molecular weight excluding hydrogens is 377 g/mol. The standard InChI is InChI=1S/C17H17ClFN5O3/c18-14-5-12(19)2-1-11(14)9-27-17(25)24-3-4-26-13(8-24)6-22-15-7-21-10-23-16(15)20/h1-2,5-7,10,13H,3-4,8-9H2,(H2,20,21,23)/t13-/m1/s1. The Morgan fingerprint density at radius 1 is 1.56 bits per heavy atom. The van der Waals surface area contributed by atoms with E-state index >= 15 is 0 Å². The predicted octanol–water partition coefficient (Wildman–Crippen LogP) is 2.59. The minimum absolute atomic E-state index is 0.0497. The molecule has 3 rings (SSSR count). The first-order chi connectivity index (χ1) is 13.0. The first-order valence-electron chi connectivity index (χ1n) is 8.10. The van der Waals surface area contributed by atoms with Crippen LogP contribution in [-0.2, 0) is 16.1 Å². The van der Waals surface area contributed by atoms with Crippen LogP contribution in [0.4, 0.5) is 20.7 Å². The summed E-state index contributed by atoms with van der Waals surface area (Å²) < 4.78 is 23.9. The lowest BCUT2D eigenvalue weighted by atomic mass is 10.2. The van der Waals surface area contributed by atoms with Gasteiger partial charge in [0.1, 0.15) is 30.5 Å². The number of aromatic nitrogens is 2. The van der Waals surface area contributed by atoms with E-state index in [0.29, 0.717) is 24.4 Å². The molecule has 1 aliphatic heterocycles. The molecule has 2 heterocycles. The average Bonchev–Trinajstić information content (AvgIpc) is 2.67. The smallest absolute Gasteiger partial charge is 0.410 e. The maximum absolute atomic E-state index is 13.1. The van der Waals surface area contributed by atoms with E-state index in [4.69, 9.17) is 26.8 Å². The van der Waals surface area contributed by atoms with E-state index in [1.807, 2.05) is 0 Å². The van der Waals surface area contributed by atoms with Crippen LogP contribution in [0, 0.1) is 5.82 Å². The first kappa shape index (κ1) is 19.0. The van der Waals surface area contributed by atoms with Crippen molar-refractivity contribution in [3.8, 4) is 0 Å². The molecule has 1 aliphatic rings. The second kappa shape index (κ2) is 8.74. The Kier molecular flexibility index (Phi) is 6.15. The highest BCUT2D eigenvalue weighted by Gasteiger charge is 2.24. The molecule has 1 saturated heterocycles. The number of hydrogen-bond donors (Lipinski definition) is 1. The number of amides is 1. The maximum Gasteiger partial charge on any atom is 0.410 e. The summed E-state index contributed by atoms with van der Waals surface area (Å²) >= 11 is 5.93. The highest BCUT2D eigenvalue weighted by Crippen LogP contribution is 2.19. The largest absolute Gasteiger partial charge is 0.444 e. The summed E-state index contributed by atoms with van der Waals surface area (Å²) in [7, 11) is 0. The summed E-state index contributed by atoms with van der Waals surface area (Å²) in [4.78, 5) is 25.7. The zero-order chi connectivity index (χ0) is 19.2. The van der Waals surface area contributed by atoms with Crippen molar-refractivity contribution < 1.29 is 18.7 Å². The van der Waals surface area contributed by atoms with E-state index in [0.717, 1.165) is 0 Å². The third kappa shape index (κ3) is 5.11. The lowest BCUT2D eigenvalue weighted by molar-refractivity contribution is 0.00331. The van der Waals surface area contributed by atoms with Crippen molar-refractivity contribution in [2.75, 3.05) is 25.4 Å². The summed E-state index contributed by atoms with van der Waals surface area (Å²) in [6, 6.07) is 3.91. The molecule has 0 bridgehead atoms. The minimum atomic E-state index is -0.514. The number of carbonyl (C=O) groups excluding carboxylic acids is 1. The number of hydrogen-bond acceptors (Lipinski definition) is 7. The highest BCUT2D eigenvalue weighted by molar-refractivity contribution is 6.31. The van der Waals surface area contributed by atoms with E-state index < -0.39 is 18.0 Å². The monoisotopic (exact) mass is 393 g/mol. The van der Waals surface area contributed by atoms with Crippen LogP contribution in [-0.4, -0.2) is 53.0 Å². The van der Waals surface area contributed by atoms with Crippen molar-refractivity contribution in [2.24, 2.45) is 4.99 Å². The fourth-order valence-corrected chi connectivity index (χ4v) is 2.62. The van der Waals surface area contributed by atoms with Gasteiger partial charge >= 0.3 is 6.09 Å². The summed E-state index contributed by atoms with van der Waals surface area (Å²) in [5, 5.41) is 0.206. The van der Waals surface area contributed by atoms with Gasteiger partial charge in [-0.3, -0.25) is 4.99 Å². The lowest BCUT2D eigenvalue weighted by Gasteiger charge is -2.30. The average molecular weight is 394 g/mol. The second-order valence-electron chi connectivity index (χ2n) is 5.72. The Labute approximate surface area is 159 Å². The Morgan fingerprint density at radius 2 is 2.41 bits per heavy atom. The van der Waals surface area contributed by atoms with E-state index in [9.17, 15) is 9.18 Å². The molecule has 8 nitrogen and oxygen atoms in total. The number of carbonyl (C=O) groups is 1. The number of nitrogen functional groups attached to an aromatic ring is 1. The molecule has 142 valence electrons. The summed E-state index contributed by atoms with van der Waals surface area (Å²) in [6.45, 7) is 0.944. The van der Waals surface area contributed by atoms with E-state index in [-0.39, 0.29) is 24.0 Å². The quantitative estimate of drug-likeness (QED) is 0.801. The summed E-state index contributed by atoms with van der Waals surface area (Å²) in [5.74, 6) is -0.195. The zero-order valence-electron chi connectivity index (χ0n) is 14.2. The van der Waals surface area contributed by atoms with Gasteiger partial charge in [0.25, 0.3) is 0 Å². The number of halogens is 2. The van der Waals surface area contributed by atoms with Gasteiger partial charge in [-0.2, -0.15) is 0 Å². The molecular formula is C17H17ClFN5O3. The lowest BCUT2D eigenvalue weighted by Crippen LogP contribution is -2.46. The van der Waals surface area contributed by atoms with Crippen LogP contribution >= 0.6 is 11.6 Å². The number of rotatable bonds is 4. The molecule has 0 saturated carbocycles. The molecule has 2 N–H and O–H groups in total. The number of ether oxygens (including phenoxy) is 2. The van der Waals surface area contributed by atoms with E-state index in [1.165, 1.54) is 35.6 Å². The summed E-state index contributed by atoms with van der Waals surface area (Å²) in [5.41, 5.74) is 6.65. The molecule has 1 amide bonds.